The highest BCUT2D eigenvalue weighted by Gasteiger charge is 2.31. The third kappa shape index (κ3) is 8.12. The fourth-order valence-corrected chi connectivity index (χ4v) is 4.83. The molecule has 0 heterocycles. The van der Waals surface area contributed by atoms with Gasteiger partial charge in [0, 0.05) is 23.6 Å². The van der Waals surface area contributed by atoms with Crippen LogP contribution in [-0.2, 0) is 26.2 Å². The number of methoxy groups -OCH3 is 2. The Balaban J connectivity index is 2.44. The zero-order chi connectivity index (χ0) is 26.9. The Kier molecular flexibility index (Phi) is 11.0. The van der Waals surface area contributed by atoms with E-state index in [1.54, 1.807) is 19.1 Å². The molecule has 1 atom stereocenters. The first-order valence-electron chi connectivity index (χ1n) is 11.5. The summed E-state index contributed by atoms with van der Waals surface area (Å²) in [5.41, 5.74) is 0.950. The monoisotopic (exact) mass is 583 g/mol. The molecule has 198 valence electrons. The summed E-state index contributed by atoms with van der Waals surface area (Å²) in [7, 11) is -1.03. The molecule has 2 aromatic carbocycles. The molecule has 0 radical (unpaired) electrons. The van der Waals surface area contributed by atoms with Crippen LogP contribution in [0.5, 0.6) is 11.5 Å². The van der Waals surface area contributed by atoms with Gasteiger partial charge in [-0.15, -0.1) is 0 Å². The van der Waals surface area contributed by atoms with Crippen molar-refractivity contribution in [2.45, 2.75) is 39.3 Å². The van der Waals surface area contributed by atoms with E-state index >= 15 is 0 Å². The molecule has 0 aliphatic carbocycles. The molecule has 1 N–H and O–H groups in total. The Morgan fingerprint density at radius 1 is 1.11 bits per heavy atom. The largest absolute Gasteiger partial charge is 0.497 e. The van der Waals surface area contributed by atoms with Gasteiger partial charge in [-0.1, -0.05) is 41.4 Å². The minimum atomic E-state index is -3.90. The highest BCUT2D eigenvalue weighted by Crippen LogP contribution is 2.34. The number of hydrogen-bond donors (Lipinski definition) is 1. The Morgan fingerprint density at radius 3 is 2.42 bits per heavy atom. The van der Waals surface area contributed by atoms with E-state index in [0.29, 0.717) is 12.3 Å². The second-order valence-electron chi connectivity index (χ2n) is 8.28. The first kappa shape index (κ1) is 29.4. The number of hydrogen-bond acceptors (Lipinski definition) is 6. The van der Waals surface area contributed by atoms with Crippen LogP contribution in [0.15, 0.2) is 46.9 Å². The number of carbonyl (C=O) groups excluding carboxylic acids is 2. The number of carbonyl (C=O) groups is 2. The SMILES string of the molecule is CCCCNC(=O)[C@H](C)N(Cc1cccc(Br)c1)C(=O)CN(c1cc(OC)ccc1OC)S(C)(=O)=O. The lowest BCUT2D eigenvalue weighted by Gasteiger charge is -2.32. The fourth-order valence-electron chi connectivity index (χ4n) is 3.54. The van der Waals surface area contributed by atoms with Gasteiger partial charge in [0.05, 0.1) is 26.2 Å². The van der Waals surface area contributed by atoms with E-state index in [4.69, 9.17) is 9.47 Å². The van der Waals surface area contributed by atoms with Crippen LogP contribution < -0.4 is 19.1 Å². The highest BCUT2D eigenvalue weighted by molar-refractivity contribution is 9.10. The van der Waals surface area contributed by atoms with Gasteiger partial charge < -0.3 is 19.7 Å². The number of halogens is 1. The minimum Gasteiger partial charge on any atom is -0.497 e. The van der Waals surface area contributed by atoms with Crippen molar-refractivity contribution >= 4 is 43.5 Å². The van der Waals surface area contributed by atoms with E-state index in [1.807, 2.05) is 31.2 Å². The first-order chi connectivity index (χ1) is 17.0. The maximum Gasteiger partial charge on any atom is 0.244 e. The van der Waals surface area contributed by atoms with Crippen LogP contribution in [-0.4, -0.2) is 64.7 Å². The molecule has 0 saturated heterocycles. The average molecular weight is 585 g/mol. The second-order valence-corrected chi connectivity index (χ2v) is 11.1. The van der Waals surface area contributed by atoms with E-state index < -0.39 is 28.5 Å². The van der Waals surface area contributed by atoms with Gasteiger partial charge in [-0.05, 0) is 43.2 Å². The van der Waals surface area contributed by atoms with Crippen molar-refractivity contribution < 1.29 is 27.5 Å². The molecular weight excluding hydrogens is 550 g/mol. The number of sulfonamides is 1. The Labute approximate surface area is 221 Å². The third-order valence-electron chi connectivity index (χ3n) is 5.57. The Morgan fingerprint density at radius 2 is 1.83 bits per heavy atom. The third-order valence-corrected chi connectivity index (χ3v) is 7.19. The van der Waals surface area contributed by atoms with E-state index in [0.717, 1.165) is 33.4 Å². The van der Waals surface area contributed by atoms with Gasteiger partial charge in [0.25, 0.3) is 0 Å². The van der Waals surface area contributed by atoms with Crippen molar-refractivity contribution in [2.75, 3.05) is 37.9 Å². The van der Waals surface area contributed by atoms with E-state index in [2.05, 4.69) is 21.2 Å². The molecule has 11 heteroatoms. The molecule has 0 aromatic heterocycles. The summed E-state index contributed by atoms with van der Waals surface area (Å²) < 4.78 is 38.0. The molecular formula is C25H34BrN3O6S. The Hall–Kier alpha value is -2.79. The van der Waals surface area contributed by atoms with Crippen molar-refractivity contribution in [3.05, 3.63) is 52.5 Å². The van der Waals surface area contributed by atoms with Crippen LogP contribution in [0.4, 0.5) is 5.69 Å². The molecule has 0 aliphatic rings. The average Bonchev–Trinajstić information content (AvgIpc) is 2.84. The highest BCUT2D eigenvalue weighted by atomic mass is 79.9. The first-order valence-corrected chi connectivity index (χ1v) is 14.2. The molecule has 2 rings (SSSR count). The van der Waals surface area contributed by atoms with Crippen LogP contribution in [0.1, 0.15) is 32.3 Å². The van der Waals surface area contributed by atoms with E-state index in [-0.39, 0.29) is 23.9 Å². The number of rotatable bonds is 13. The number of nitrogens with one attached hydrogen (secondary N) is 1. The molecule has 2 amide bonds. The molecule has 0 unspecified atom stereocenters. The number of amides is 2. The van der Waals surface area contributed by atoms with Crippen LogP contribution >= 0.6 is 15.9 Å². The summed E-state index contributed by atoms with van der Waals surface area (Å²) in [5.74, 6) is -0.181. The molecule has 2 aromatic rings. The summed E-state index contributed by atoms with van der Waals surface area (Å²) in [6.07, 6.45) is 2.75. The number of unbranched alkanes of at least 4 members (excludes halogenated alkanes) is 1. The van der Waals surface area contributed by atoms with Crippen molar-refractivity contribution in [1.82, 2.24) is 10.2 Å². The van der Waals surface area contributed by atoms with Crippen molar-refractivity contribution in [1.29, 1.82) is 0 Å². The quantitative estimate of drug-likeness (QED) is 0.361. The second kappa shape index (κ2) is 13.5. The van der Waals surface area contributed by atoms with Crippen LogP contribution in [0.3, 0.4) is 0 Å². The van der Waals surface area contributed by atoms with Crippen LogP contribution in [0, 0.1) is 0 Å². The predicted octanol–water partition coefficient (Wildman–Crippen LogP) is 3.57. The molecule has 0 aliphatic heterocycles. The number of benzene rings is 2. The molecule has 9 nitrogen and oxygen atoms in total. The molecule has 0 saturated carbocycles. The van der Waals surface area contributed by atoms with Gasteiger partial charge in [0.2, 0.25) is 21.8 Å². The molecule has 36 heavy (non-hydrogen) atoms. The number of anilines is 1. The summed E-state index contributed by atoms with van der Waals surface area (Å²) in [6.45, 7) is 3.74. The van der Waals surface area contributed by atoms with Gasteiger partial charge in [0.1, 0.15) is 24.1 Å². The Bertz CT molecular complexity index is 1160. The van der Waals surface area contributed by atoms with Crippen LogP contribution in [0.25, 0.3) is 0 Å². The van der Waals surface area contributed by atoms with Gasteiger partial charge in [-0.3, -0.25) is 13.9 Å². The smallest absolute Gasteiger partial charge is 0.244 e. The van der Waals surface area contributed by atoms with Crippen LogP contribution in [0.2, 0.25) is 0 Å². The summed E-state index contributed by atoms with van der Waals surface area (Å²) in [4.78, 5) is 27.9. The van der Waals surface area contributed by atoms with Gasteiger partial charge in [0.15, 0.2) is 0 Å². The van der Waals surface area contributed by atoms with E-state index in [9.17, 15) is 18.0 Å². The maximum absolute atomic E-state index is 13.6. The maximum atomic E-state index is 13.6. The number of nitrogens with zero attached hydrogens (tertiary/aromatic N) is 2. The zero-order valence-electron chi connectivity index (χ0n) is 21.3. The lowest BCUT2D eigenvalue weighted by atomic mass is 10.1. The van der Waals surface area contributed by atoms with Gasteiger partial charge in [-0.25, -0.2) is 8.42 Å². The number of ether oxygens (including phenoxy) is 2. The predicted molar refractivity (Wildman–Crippen MR) is 144 cm³/mol. The lowest BCUT2D eigenvalue weighted by Crippen LogP contribution is -2.51. The zero-order valence-corrected chi connectivity index (χ0v) is 23.7. The normalized spacial score (nSPS) is 11.9. The minimum absolute atomic E-state index is 0.119. The van der Waals surface area contributed by atoms with Crippen molar-refractivity contribution in [3.8, 4) is 11.5 Å². The van der Waals surface area contributed by atoms with Crippen molar-refractivity contribution in [2.24, 2.45) is 0 Å². The standard InChI is InChI=1S/C25H34BrN3O6S/c1-6-7-13-27-25(31)18(2)28(16-19-9-8-10-20(26)14-19)24(30)17-29(36(5,32)33)22-15-21(34-3)11-12-23(22)35-4/h8-12,14-15,18H,6-7,13,16-17H2,1-5H3,(H,27,31)/t18-/m0/s1. The molecule has 0 bridgehead atoms. The lowest BCUT2D eigenvalue weighted by molar-refractivity contribution is -0.139. The molecule has 0 fully saturated rings. The summed E-state index contributed by atoms with van der Waals surface area (Å²) >= 11 is 3.43. The van der Waals surface area contributed by atoms with Gasteiger partial charge in [-0.2, -0.15) is 0 Å². The molecule has 0 spiro atoms. The van der Waals surface area contributed by atoms with Crippen molar-refractivity contribution in [3.63, 3.8) is 0 Å². The summed E-state index contributed by atoms with van der Waals surface area (Å²) in [5, 5.41) is 2.85. The van der Waals surface area contributed by atoms with Gasteiger partial charge >= 0.3 is 0 Å². The topological polar surface area (TPSA) is 105 Å². The fraction of sp³-hybridized carbons (Fsp3) is 0.440. The summed E-state index contributed by atoms with van der Waals surface area (Å²) in [6, 6.07) is 11.2. The van der Waals surface area contributed by atoms with E-state index in [1.165, 1.54) is 25.2 Å².